The van der Waals surface area contributed by atoms with Crippen molar-refractivity contribution in [3.05, 3.63) is 273 Å². The minimum atomic E-state index is -0.169. The second-order valence-electron chi connectivity index (χ2n) is 22.6. The van der Waals surface area contributed by atoms with E-state index in [1.807, 2.05) is 11.3 Å². The molecule has 0 N–H and O–H groups in total. The lowest BCUT2D eigenvalue weighted by atomic mass is 9.81. The lowest BCUT2D eigenvalue weighted by molar-refractivity contribution is 0.660. The normalized spacial score (nSPS) is 13.8. The fraction of sp³-hybridized carbons (Fsp3) is 0.135. The highest BCUT2D eigenvalue weighted by molar-refractivity contribution is 7.25. The summed E-state index contributed by atoms with van der Waals surface area (Å²) in [4.78, 5) is 4.80. The van der Waals surface area contributed by atoms with E-state index >= 15 is 0 Å². The zero-order valence-electron chi connectivity index (χ0n) is 45.2. The van der Waals surface area contributed by atoms with Crippen molar-refractivity contribution in [2.24, 2.45) is 0 Å². The molecule has 3 heteroatoms. The van der Waals surface area contributed by atoms with Crippen LogP contribution in [0.15, 0.2) is 206 Å². The van der Waals surface area contributed by atoms with Crippen molar-refractivity contribution >= 4 is 89.9 Å². The van der Waals surface area contributed by atoms with Crippen molar-refractivity contribution < 1.29 is 0 Å². The molecule has 0 aliphatic heterocycles. The molecule has 0 amide bonds. The number of fused-ring (bicyclic) bond motifs is 9. The van der Waals surface area contributed by atoms with Gasteiger partial charge in [0, 0.05) is 65.1 Å². The summed E-state index contributed by atoms with van der Waals surface area (Å²) in [5.74, 6) is 0. The van der Waals surface area contributed by atoms with Crippen LogP contribution in [0.2, 0.25) is 0 Å². The van der Waals surface area contributed by atoms with Gasteiger partial charge in [-0.05, 0) is 214 Å². The smallest absolute Gasteiger partial charge is 0.0465 e. The topological polar surface area (TPSA) is 6.48 Å². The van der Waals surface area contributed by atoms with Crippen LogP contribution in [0.25, 0.3) is 66.7 Å². The van der Waals surface area contributed by atoms with Gasteiger partial charge in [-0.25, -0.2) is 0 Å². The maximum atomic E-state index is 2.42. The van der Waals surface area contributed by atoms with Crippen molar-refractivity contribution in [1.82, 2.24) is 0 Å². The molecule has 77 heavy (non-hydrogen) atoms. The summed E-state index contributed by atoms with van der Waals surface area (Å²) >= 11 is 1.87. The third-order valence-corrected chi connectivity index (χ3v) is 17.5. The minimum absolute atomic E-state index is 0.169. The number of anilines is 6. The van der Waals surface area contributed by atoms with Gasteiger partial charge in [0.1, 0.15) is 0 Å². The van der Waals surface area contributed by atoms with Crippen molar-refractivity contribution in [2.75, 3.05) is 9.80 Å². The Morgan fingerprint density at radius 2 is 0.584 bits per heavy atom. The van der Waals surface area contributed by atoms with Gasteiger partial charge in [-0.1, -0.05) is 161 Å². The van der Waals surface area contributed by atoms with Crippen molar-refractivity contribution in [2.45, 2.75) is 66.2 Å². The third kappa shape index (κ3) is 8.60. The van der Waals surface area contributed by atoms with Crippen LogP contribution in [-0.2, 0) is 10.8 Å². The third-order valence-electron chi connectivity index (χ3n) is 16.4. The summed E-state index contributed by atoms with van der Waals surface area (Å²) in [6.45, 7) is 18.2. The van der Waals surface area contributed by atoms with Gasteiger partial charge in [0.2, 0.25) is 0 Å². The van der Waals surface area contributed by atoms with E-state index in [-0.39, 0.29) is 10.8 Å². The molecule has 1 aromatic heterocycles. The SMILES string of the molecule is Cc1cccc(N(c2cccc(C)c2)c2ccc3c(c2)C(C)(C)c2cc(/C=C/c4ccc5sc6ccc(/C=C/c7ccc8c(c7)C(C)(C)c7cc(N(c9cccc(C)c9)c9cccc(C)c9)ccc7-8)cc6c5c4)ccc2-3)c1. The molecule has 2 aliphatic carbocycles. The van der Waals surface area contributed by atoms with E-state index in [1.165, 1.54) is 143 Å². The molecule has 0 fully saturated rings. The average Bonchev–Trinajstić information content (AvgIpc) is 4.13. The Bertz CT molecular complexity index is 3870. The fourth-order valence-electron chi connectivity index (χ4n) is 12.3. The number of hydrogen-bond acceptors (Lipinski definition) is 3. The Morgan fingerprint density at radius 1 is 0.299 bits per heavy atom. The Labute approximate surface area is 458 Å². The molecule has 10 aromatic carbocycles. The second kappa shape index (κ2) is 18.7. The first kappa shape index (κ1) is 48.2. The van der Waals surface area contributed by atoms with Crippen LogP contribution in [-0.4, -0.2) is 0 Å². The predicted octanol–water partition coefficient (Wildman–Crippen LogP) is 21.2. The molecule has 0 radical (unpaired) electrons. The van der Waals surface area contributed by atoms with Crippen molar-refractivity contribution in [1.29, 1.82) is 0 Å². The number of rotatable bonds is 10. The van der Waals surface area contributed by atoms with Crippen molar-refractivity contribution in [3.63, 3.8) is 0 Å². The highest BCUT2D eigenvalue weighted by Crippen LogP contribution is 2.53. The Balaban J connectivity index is 0.753. The number of nitrogens with zero attached hydrogens (tertiary/aromatic N) is 2. The molecule has 2 aliphatic rings. The summed E-state index contributed by atoms with van der Waals surface area (Å²) in [6.07, 6.45) is 9.13. The Morgan fingerprint density at radius 3 is 0.922 bits per heavy atom. The highest BCUT2D eigenvalue weighted by atomic mass is 32.1. The molecular weight excluding hydrogens is 949 g/mol. The largest absolute Gasteiger partial charge is 0.310 e. The monoisotopic (exact) mass is 1010 g/mol. The molecule has 0 saturated carbocycles. The molecule has 374 valence electrons. The maximum Gasteiger partial charge on any atom is 0.0465 e. The number of benzene rings is 10. The molecule has 0 saturated heterocycles. The molecule has 0 bridgehead atoms. The van der Waals surface area contributed by atoms with E-state index < -0.39 is 0 Å². The van der Waals surface area contributed by atoms with Gasteiger partial charge in [-0.15, -0.1) is 11.3 Å². The van der Waals surface area contributed by atoms with Crippen LogP contribution in [0.1, 0.15) is 94.5 Å². The number of aryl methyl sites for hydroxylation is 4. The molecule has 2 nitrogen and oxygen atoms in total. The molecule has 0 spiro atoms. The standard InChI is InChI=1S/C74H62N2S/c1-47-13-9-17-55(37-47)75(56-18-10-14-48(2)38-56)59-29-33-63-61-31-25-53(43-67(61)73(5,6)69(63)45-59)23-21-51-27-35-71-65(41-51)66-42-52(28-36-72(66)77-71)22-24-54-26-32-62-64-34-30-60(46-70(64)74(7,8)68(62)44-54)76(57-19-11-15-49(3)39-57)58-20-12-16-50(4)40-58/h9-46H,1-8H3/b23-21+,24-22+. The quantitative estimate of drug-likeness (QED) is 0.126. The van der Waals surface area contributed by atoms with Crippen LogP contribution in [0.3, 0.4) is 0 Å². The lowest BCUT2D eigenvalue weighted by Crippen LogP contribution is -2.16. The first-order valence-electron chi connectivity index (χ1n) is 27.0. The van der Waals surface area contributed by atoms with Crippen LogP contribution < -0.4 is 9.80 Å². The minimum Gasteiger partial charge on any atom is -0.310 e. The maximum absolute atomic E-state index is 2.42. The molecule has 0 atom stereocenters. The molecule has 0 unspecified atom stereocenters. The van der Waals surface area contributed by atoms with Gasteiger partial charge in [0.25, 0.3) is 0 Å². The van der Waals surface area contributed by atoms with Crippen LogP contribution in [0.4, 0.5) is 34.1 Å². The highest BCUT2D eigenvalue weighted by Gasteiger charge is 2.38. The molecule has 11 aromatic rings. The first-order valence-corrected chi connectivity index (χ1v) is 27.9. The second-order valence-corrected chi connectivity index (χ2v) is 23.7. The molecule has 1 heterocycles. The predicted molar refractivity (Wildman–Crippen MR) is 334 cm³/mol. The summed E-state index contributed by atoms with van der Waals surface area (Å²) in [6, 6.07) is 77.3. The van der Waals surface area contributed by atoms with Gasteiger partial charge < -0.3 is 9.80 Å². The van der Waals surface area contributed by atoms with E-state index in [2.05, 4.69) is 296 Å². The van der Waals surface area contributed by atoms with Crippen LogP contribution in [0.5, 0.6) is 0 Å². The van der Waals surface area contributed by atoms with Crippen LogP contribution >= 0.6 is 11.3 Å². The Hall–Kier alpha value is -8.50. The fourth-order valence-corrected chi connectivity index (χ4v) is 13.4. The van der Waals surface area contributed by atoms with Gasteiger partial charge in [-0.3, -0.25) is 0 Å². The van der Waals surface area contributed by atoms with Crippen LogP contribution in [0, 0.1) is 27.7 Å². The van der Waals surface area contributed by atoms with Gasteiger partial charge in [0.15, 0.2) is 0 Å². The van der Waals surface area contributed by atoms with E-state index in [4.69, 9.17) is 0 Å². The van der Waals surface area contributed by atoms with Gasteiger partial charge in [0.05, 0.1) is 0 Å². The zero-order valence-corrected chi connectivity index (χ0v) is 46.1. The molecule has 13 rings (SSSR count). The van der Waals surface area contributed by atoms with Crippen molar-refractivity contribution in [3.8, 4) is 22.3 Å². The summed E-state index contributed by atoms with van der Waals surface area (Å²) < 4.78 is 2.62. The summed E-state index contributed by atoms with van der Waals surface area (Å²) in [5, 5.41) is 2.60. The van der Waals surface area contributed by atoms with Gasteiger partial charge in [-0.2, -0.15) is 0 Å². The van der Waals surface area contributed by atoms with E-state index in [9.17, 15) is 0 Å². The summed E-state index contributed by atoms with van der Waals surface area (Å²) in [5.41, 5.74) is 27.2. The van der Waals surface area contributed by atoms with E-state index in [0.29, 0.717) is 0 Å². The van der Waals surface area contributed by atoms with E-state index in [1.54, 1.807) is 0 Å². The van der Waals surface area contributed by atoms with E-state index in [0.717, 1.165) is 0 Å². The summed E-state index contributed by atoms with van der Waals surface area (Å²) in [7, 11) is 0. The average molecular weight is 1010 g/mol. The van der Waals surface area contributed by atoms with Gasteiger partial charge >= 0.3 is 0 Å². The number of hydrogen-bond donors (Lipinski definition) is 0. The first-order chi connectivity index (χ1) is 37.2. The zero-order chi connectivity index (χ0) is 52.7. The lowest BCUT2D eigenvalue weighted by Gasteiger charge is -2.28. The Kier molecular flexibility index (Phi) is 11.7. The number of thiophene rings is 1. The molecular formula is C74H62N2S.